The van der Waals surface area contributed by atoms with Crippen molar-refractivity contribution in [1.29, 1.82) is 0 Å². The van der Waals surface area contributed by atoms with E-state index in [2.05, 4.69) is 52.5 Å². The number of rotatable bonds is 8. The molecule has 0 spiro atoms. The maximum absolute atomic E-state index is 8.35. The molecule has 1 heterocycles. The third-order valence-electron chi connectivity index (χ3n) is 4.06. The highest BCUT2D eigenvalue weighted by atomic mass is 16.6. The molecule has 1 fully saturated rings. The molecule has 0 aromatic heterocycles. The van der Waals surface area contributed by atoms with Crippen LogP contribution in [0.15, 0.2) is 58.6 Å². The van der Waals surface area contributed by atoms with Crippen LogP contribution in [0.3, 0.4) is 0 Å². The van der Waals surface area contributed by atoms with Crippen molar-refractivity contribution in [3.05, 3.63) is 48.4 Å². The van der Waals surface area contributed by atoms with E-state index < -0.39 is 0 Å². The number of piperidine rings is 1. The van der Waals surface area contributed by atoms with E-state index in [-0.39, 0.29) is 5.88 Å². The number of hydrogen-bond acceptors (Lipinski definition) is 5. The Hall–Kier alpha value is -2.14. The molecule has 0 atom stereocenters. The number of aliphatic hydroxyl groups is 1. The molecule has 5 heteroatoms. The number of allylic oxidation sites excluding steroid dienone is 5. The maximum Gasteiger partial charge on any atom is 0.203 e. The Morgan fingerprint density at radius 1 is 1.18 bits per heavy atom. The molecule has 0 aliphatic carbocycles. The molecule has 1 N–H and O–H groups in total. The first-order chi connectivity index (χ1) is 13.5. The number of nitrogens with zero attached hydrogens (tertiary/aromatic N) is 3. The predicted molar refractivity (Wildman–Crippen MR) is 124 cm³/mol. The molecule has 0 saturated carbocycles. The standard InChI is InChI=1S/C15H26N2O.C6H9NO.C2H6/c1-4-14(2)13-15-7-11-17(12-8-15)10-6-5-9-16-18-3;1-3-4-5-7-6(2)8;1-2/h4-6,9,15H,7-8,10-13H2,1-3H3;3-5,8H,2H2,1H3;1-2H3/b6-5+,14-4+,16-9-;4-3-,7-5-;. The van der Waals surface area contributed by atoms with Crippen LogP contribution in [0.1, 0.15) is 53.9 Å². The normalized spacial score (nSPS) is 16.3. The van der Waals surface area contributed by atoms with Crippen molar-refractivity contribution in [2.24, 2.45) is 16.1 Å². The van der Waals surface area contributed by atoms with E-state index in [4.69, 9.17) is 5.11 Å². The summed E-state index contributed by atoms with van der Waals surface area (Å²) in [6.07, 6.45) is 16.9. The molecule has 160 valence electrons. The second-order valence-corrected chi connectivity index (χ2v) is 6.17. The summed E-state index contributed by atoms with van der Waals surface area (Å²) in [5, 5.41) is 12.0. The van der Waals surface area contributed by atoms with E-state index in [1.54, 1.807) is 19.4 Å². The molecule has 1 saturated heterocycles. The summed E-state index contributed by atoms with van der Waals surface area (Å²) in [6.45, 7) is 16.8. The highest BCUT2D eigenvalue weighted by Gasteiger charge is 2.18. The maximum atomic E-state index is 8.35. The summed E-state index contributed by atoms with van der Waals surface area (Å²) in [5.41, 5.74) is 1.53. The Bertz CT molecular complexity index is 512. The quantitative estimate of drug-likeness (QED) is 0.241. The average Bonchev–Trinajstić information content (AvgIpc) is 2.71. The number of likely N-dealkylation sites (tertiary alicyclic amines) is 1. The molecule has 1 rings (SSSR count). The van der Waals surface area contributed by atoms with E-state index in [1.807, 2.05) is 32.9 Å². The highest BCUT2D eigenvalue weighted by molar-refractivity contribution is 5.71. The van der Waals surface area contributed by atoms with Crippen LogP contribution in [0.5, 0.6) is 0 Å². The lowest BCUT2D eigenvalue weighted by molar-refractivity contribution is 0.200. The summed E-state index contributed by atoms with van der Waals surface area (Å²) in [6, 6.07) is 0. The molecule has 0 bridgehead atoms. The van der Waals surface area contributed by atoms with Crippen molar-refractivity contribution < 1.29 is 9.94 Å². The van der Waals surface area contributed by atoms with Crippen LogP contribution in [0.25, 0.3) is 0 Å². The zero-order valence-corrected chi connectivity index (χ0v) is 18.8. The van der Waals surface area contributed by atoms with E-state index in [0.29, 0.717) is 0 Å². The lowest BCUT2D eigenvalue weighted by Gasteiger charge is -2.31. The van der Waals surface area contributed by atoms with Gasteiger partial charge >= 0.3 is 0 Å². The Labute approximate surface area is 172 Å². The van der Waals surface area contributed by atoms with Crippen LogP contribution in [0, 0.1) is 5.92 Å². The smallest absolute Gasteiger partial charge is 0.203 e. The molecule has 5 nitrogen and oxygen atoms in total. The van der Waals surface area contributed by atoms with Crippen LogP contribution in [-0.2, 0) is 4.84 Å². The minimum absolute atomic E-state index is 0.164. The molecule has 0 radical (unpaired) electrons. The van der Waals surface area contributed by atoms with Crippen LogP contribution < -0.4 is 0 Å². The molecule has 0 unspecified atom stereocenters. The van der Waals surface area contributed by atoms with Crippen LogP contribution in [0.4, 0.5) is 0 Å². The summed E-state index contributed by atoms with van der Waals surface area (Å²) in [5.74, 6) is 0.722. The van der Waals surface area contributed by atoms with Crippen molar-refractivity contribution in [3.8, 4) is 0 Å². The Morgan fingerprint density at radius 2 is 1.82 bits per heavy atom. The topological polar surface area (TPSA) is 57.4 Å². The van der Waals surface area contributed by atoms with Crippen LogP contribution >= 0.6 is 0 Å². The van der Waals surface area contributed by atoms with Gasteiger partial charge in [0.15, 0.2) is 0 Å². The van der Waals surface area contributed by atoms with Crippen molar-refractivity contribution in [3.63, 3.8) is 0 Å². The van der Waals surface area contributed by atoms with Gasteiger partial charge < -0.3 is 9.94 Å². The van der Waals surface area contributed by atoms with Gasteiger partial charge in [-0.15, -0.1) is 0 Å². The minimum atomic E-state index is -0.164. The first-order valence-corrected chi connectivity index (χ1v) is 10.1. The van der Waals surface area contributed by atoms with Gasteiger partial charge in [0.2, 0.25) is 5.88 Å². The van der Waals surface area contributed by atoms with Gasteiger partial charge in [0.25, 0.3) is 0 Å². The first kappa shape index (κ1) is 28.1. The second kappa shape index (κ2) is 21.2. The van der Waals surface area contributed by atoms with Crippen molar-refractivity contribution in [1.82, 2.24) is 4.90 Å². The largest absolute Gasteiger partial charge is 0.494 e. The summed E-state index contributed by atoms with van der Waals surface area (Å²) in [7, 11) is 1.56. The zero-order chi connectivity index (χ0) is 21.6. The van der Waals surface area contributed by atoms with Gasteiger partial charge in [0, 0.05) is 12.8 Å². The Kier molecular flexibility index (Phi) is 21.2. The van der Waals surface area contributed by atoms with E-state index >= 15 is 0 Å². The molecule has 1 aliphatic heterocycles. The zero-order valence-electron chi connectivity index (χ0n) is 18.8. The van der Waals surface area contributed by atoms with E-state index in [9.17, 15) is 0 Å². The van der Waals surface area contributed by atoms with Crippen molar-refractivity contribution >= 4 is 12.4 Å². The Balaban J connectivity index is 0. The lowest BCUT2D eigenvalue weighted by Crippen LogP contribution is -2.33. The third-order valence-corrected chi connectivity index (χ3v) is 4.06. The number of aliphatic imine (C=N–C) groups is 1. The molecule has 0 aromatic carbocycles. The van der Waals surface area contributed by atoms with Gasteiger partial charge in [-0.1, -0.05) is 42.8 Å². The monoisotopic (exact) mass is 391 g/mol. The fourth-order valence-corrected chi connectivity index (χ4v) is 2.53. The van der Waals surface area contributed by atoms with Gasteiger partial charge in [-0.3, -0.25) is 4.90 Å². The summed E-state index contributed by atoms with van der Waals surface area (Å²) in [4.78, 5) is 10.6. The fraction of sp³-hybridized carbons (Fsp3) is 0.565. The van der Waals surface area contributed by atoms with Gasteiger partial charge in [0.05, 0.1) is 6.21 Å². The van der Waals surface area contributed by atoms with Gasteiger partial charge in [-0.05, 0) is 77.8 Å². The van der Waals surface area contributed by atoms with Crippen molar-refractivity contribution in [2.45, 2.75) is 53.9 Å². The molecular weight excluding hydrogens is 350 g/mol. The minimum Gasteiger partial charge on any atom is -0.494 e. The first-order valence-electron chi connectivity index (χ1n) is 10.1. The fourth-order valence-electron chi connectivity index (χ4n) is 2.53. The van der Waals surface area contributed by atoms with Crippen LogP contribution in [-0.4, -0.2) is 49.2 Å². The molecule has 28 heavy (non-hydrogen) atoms. The van der Waals surface area contributed by atoms with Crippen molar-refractivity contribution in [2.75, 3.05) is 26.7 Å². The summed E-state index contributed by atoms with van der Waals surface area (Å²) < 4.78 is 0. The van der Waals surface area contributed by atoms with Gasteiger partial charge in [-0.2, -0.15) is 0 Å². The lowest BCUT2D eigenvalue weighted by atomic mass is 9.90. The predicted octanol–water partition coefficient (Wildman–Crippen LogP) is 5.93. The third kappa shape index (κ3) is 18.6. The van der Waals surface area contributed by atoms with E-state index in [1.165, 1.54) is 44.1 Å². The summed E-state index contributed by atoms with van der Waals surface area (Å²) >= 11 is 0. The van der Waals surface area contributed by atoms with Crippen LogP contribution in [0.2, 0.25) is 0 Å². The Morgan fingerprint density at radius 3 is 2.32 bits per heavy atom. The average molecular weight is 392 g/mol. The highest BCUT2D eigenvalue weighted by Crippen LogP contribution is 2.23. The number of aliphatic hydroxyl groups excluding tert-OH is 1. The van der Waals surface area contributed by atoms with Gasteiger partial charge in [0.1, 0.15) is 7.11 Å². The molecule has 0 amide bonds. The number of oxime groups is 1. The van der Waals surface area contributed by atoms with E-state index in [0.717, 1.165) is 12.5 Å². The number of hydrogen-bond donors (Lipinski definition) is 1. The SMILES string of the molecule is C/C=C(\C)CC1CCN(C/C=C/C=N\OC)CC1.C=C(O)/N=C\C=C/C.CC. The second-order valence-electron chi connectivity index (χ2n) is 6.17. The van der Waals surface area contributed by atoms with Gasteiger partial charge in [-0.25, -0.2) is 4.99 Å². The molecule has 1 aliphatic rings. The molecule has 0 aromatic rings. The molecular formula is C23H41N3O2.